The molecule has 30 heavy (non-hydrogen) atoms. The summed E-state index contributed by atoms with van der Waals surface area (Å²) in [5.74, 6) is 0. The fraction of sp³-hybridized carbons (Fsp3) is 0.143. The van der Waals surface area contributed by atoms with E-state index >= 15 is 0 Å². The van der Waals surface area contributed by atoms with Crippen LogP contribution in [0.25, 0.3) is 0 Å². The van der Waals surface area contributed by atoms with Crippen molar-refractivity contribution < 1.29 is 16.8 Å². The van der Waals surface area contributed by atoms with E-state index in [9.17, 15) is 16.8 Å². The molecule has 0 radical (unpaired) electrons. The van der Waals surface area contributed by atoms with Crippen molar-refractivity contribution in [2.24, 2.45) is 0 Å². The number of sulfonamides is 2. The van der Waals surface area contributed by atoms with Crippen molar-refractivity contribution in [3.8, 4) is 0 Å². The van der Waals surface area contributed by atoms with E-state index < -0.39 is 20.0 Å². The van der Waals surface area contributed by atoms with Crippen LogP contribution in [-0.2, 0) is 20.0 Å². The number of hydrogen-bond acceptors (Lipinski definition) is 5. The molecule has 0 saturated heterocycles. The highest BCUT2D eigenvalue weighted by Gasteiger charge is 2.18. The molecule has 0 bridgehead atoms. The molecule has 0 saturated carbocycles. The maximum Gasteiger partial charge on any atom is 0.261 e. The normalized spacial score (nSPS) is 11.8. The number of para-hydroxylation sites is 1. The van der Waals surface area contributed by atoms with Crippen LogP contribution in [0, 0.1) is 13.8 Å². The second-order valence-electron chi connectivity index (χ2n) is 6.68. The number of anilines is 2. The molecule has 3 aromatic carbocycles. The molecule has 2 N–H and O–H groups in total. The maximum absolute atomic E-state index is 12.7. The molecule has 0 fully saturated rings. The molecule has 0 aromatic heterocycles. The Balaban J connectivity index is 1.80. The first kappa shape index (κ1) is 22.2. The molecule has 0 aliphatic rings. The van der Waals surface area contributed by atoms with Gasteiger partial charge in [0.2, 0.25) is 0 Å². The zero-order valence-corrected chi connectivity index (χ0v) is 19.2. The molecular weight excluding hydrogens is 440 g/mol. The van der Waals surface area contributed by atoms with Crippen molar-refractivity contribution in [1.82, 2.24) is 0 Å². The Morgan fingerprint density at radius 1 is 0.667 bits per heavy atom. The van der Waals surface area contributed by atoms with E-state index in [-0.39, 0.29) is 15.5 Å². The van der Waals surface area contributed by atoms with Crippen molar-refractivity contribution in [2.45, 2.75) is 28.5 Å². The molecule has 0 heterocycles. The molecule has 0 spiro atoms. The quantitative estimate of drug-likeness (QED) is 0.500. The van der Waals surface area contributed by atoms with Crippen molar-refractivity contribution in [2.75, 3.05) is 15.7 Å². The summed E-state index contributed by atoms with van der Waals surface area (Å²) >= 11 is 1.52. The highest BCUT2D eigenvalue weighted by Crippen LogP contribution is 2.25. The predicted molar refractivity (Wildman–Crippen MR) is 122 cm³/mol. The summed E-state index contributed by atoms with van der Waals surface area (Å²) < 4.78 is 55.6. The Morgan fingerprint density at radius 3 is 1.63 bits per heavy atom. The van der Waals surface area contributed by atoms with Crippen LogP contribution in [0.1, 0.15) is 11.1 Å². The highest BCUT2D eigenvalue weighted by atomic mass is 32.2. The third-order valence-electron chi connectivity index (χ3n) is 4.50. The van der Waals surface area contributed by atoms with Crippen LogP contribution in [-0.4, -0.2) is 23.1 Å². The summed E-state index contributed by atoms with van der Waals surface area (Å²) in [7, 11) is -7.58. The van der Waals surface area contributed by atoms with Gasteiger partial charge in [0.1, 0.15) is 0 Å². The minimum atomic E-state index is -3.81. The van der Waals surface area contributed by atoms with Gasteiger partial charge in [-0.1, -0.05) is 18.2 Å². The van der Waals surface area contributed by atoms with Crippen LogP contribution in [0.4, 0.5) is 11.4 Å². The largest absolute Gasteiger partial charge is 0.280 e. The molecule has 9 heteroatoms. The molecule has 6 nitrogen and oxygen atoms in total. The van der Waals surface area contributed by atoms with Gasteiger partial charge in [0.25, 0.3) is 20.0 Å². The van der Waals surface area contributed by atoms with Crippen LogP contribution < -0.4 is 9.44 Å². The Kier molecular flexibility index (Phi) is 6.44. The first-order valence-electron chi connectivity index (χ1n) is 8.98. The number of nitrogens with one attached hydrogen (secondary N) is 2. The Hall–Kier alpha value is -2.49. The Morgan fingerprint density at radius 2 is 1.13 bits per heavy atom. The van der Waals surface area contributed by atoms with Gasteiger partial charge in [-0.2, -0.15) is 0 Å². The van der Waals surface area contributed by atoms with E-state index in [0.717, 1.165) is 16.0 Å². The molecule has 0 unspecified atom stereocenters. The van der Waals surface area contributed by atoms with Crippen molar-refractivity contribution in [3.63, 3.8) is 0 Å². The highest BCUT2D eigenvalue weighted by molar-refractivity contribution is 7.98. The molecule has 0 amide bonds. The summed E-state index contributed by atoms with van der Waals surface area (Å²) in [5.41, 5.74) is 2.44. The zero-order valence-electron chi connectivity index (χ0n) is 16.7. The summed E-state index contributed by atoms with van der Waals surface area (Å²) in [5, 5.41) is 0. The number of aryl methyl sites for hydroxylation is 2. The minimum absolute atomic E-state index is 0.0393. The van der Waals surface area contributed by atoms with Crippen molar-refractivity contribution in [1.29, 1.82) is 0 Å². The topological polar surface area (TPSA) is 92.3 Å². The minimum Gasteiger partial charge on any atom is -0.280 e. The van der Waals surface area contributed by atoms with Gasteiger partial charge in [-0.3, -0.25) is 9.44 Å². The predicted octanol–water partition coefficient (Wildman–Crippen LogP) is 4.63. The van der Waals surface area contributed by atoms with E-state index in [1.54, 1.807) is 12.1 Å². The standard InChI is InChI=1S/C21H22N2O4S3/c1-15-5-4-6-16(2)21(15)23-30(26,27)19-11-7-17(8-12-19)22-29(24,25)20-13-9-18(28-3)10-14-20/h4-14,22-23H,1-3H3. The Bertz CT molecular complexity index is 1230. The molecule has 0 aliphatic heterocycles. The second-order valence-corrected chi connectivity index (χ2v) is 10.9. The smallest absolute Gasteiger partial charge is 0.261 e. The summed E-state index contributed by atoms with van der Waals surface area (Å²) in [6.45, 7) is 3.66. The number of thioether (sulfide) groups is 1. The fourth-order valence-electron chi connectivity index (χ4n) is 2.84. The lowest BCUT2D eigenvalue weighted by molar-refractivity contribution is 0.600. The van der Waals surface area contributed by atoms with Gasteiger partial charge in [-0.25, -0.2) is 16.8 Å². The molecule has 158 valence electrons. The third kappa shape index (κ3) is 4.97. The summed E-state index contributed by atoms with van der Waals surface area (Å²) in [6.07, 6.45) is 1.91. The van der Waals surface area contributed by atoms with Crippen LogP contribution in [0.3, 0.4) is 0 Å². The molecular formula is C21H22N2O4S3. The van der Waals surface area contributed by atoms with E-state index in [4.69, 9.17) is 0 Å². The van der Waals surface area contributed by atoms with Crippen molar-refractivity contribution >= 4 is 43.2 Å². The number of hydrogen-bond donors (Lipinski definition) is 2. The number of benzene rings is 3. The third-order valence-corrected chi connectivity index (χ3v) is 8.01. The average Bonchev–Trinajstić information content (AvgIpc) is 2.71. The first-order chi connectivity index (χ1) is 14.1. The average molecular weight is 463 g/mol. The van der Waals surface area contributed by atoms with Gasteiger partial charge in [0.05, 0.1) is 15.5 Å². The van der Waals surface area contributed by atoms with Gasteiger partial charge >= 0.3 is 0 Å². The lowest BCUT2D eigenvalue weighted by Crippen LogP contribution is -2.15. The van der Waals surface area contributed by atoms with E-state index in [1.807, 2.05) is 38.3 Å². The van der Waals surface area contributed by atoms with Crippen LogP contribution >= 0.6 is 11.8 Å². The monoisotopic (exact) mass is 462 g/mol. The van der Waals surface area contributed by atoms with E-state index in [1.165, 1.54) is 48.2 Å². The van der Waals surface area contributed by atoms with Crippen molar-refractivity contribution in [3.05, 3.63) is 77.9 Å². The molecule has 0 aliphatic carbocycles. The van der Waals surface area contributed by atoms with Crippen LogP contribution in [0.15, 0.2) is 81.4 Å². The molecule has 3 rings (SSSR count). The van der Waals surface area contributed by atoms with Gasteiger partial charge in [0.15, 0.2) is 0 Å². The first-order valence-corrected chi connectivity index (χ1v) is 13.2. The van der Waals surface area contributed by atoms with E-state index in [2.05, 4.69) is 9.44 Å². The summed E-state index contributed by atoms with van der Waals surface area (Å²) in [4.78, 5) is 1.13. The Labute approximate surface area is 181 Å². The van der Waals surface area contributed by atoms with Crippen LogP contribution in [0.5, 0.6) is 0 Å². The molecule has 0 atom stereocenters. The lowest BCUT2D eigenvalue weighted by atomic mass is 10.1. The van der Waals surface area contributed by atoms with Gasteiger partial charge in [-0.05, 0) is 79.8 Å². The SMILES string of the molecule is CSc1ccc(S(=O)(=O)Nc2ccc(S(=O)(=O)Nc3c(C)cccc3C)cc2)cc1. The second kappa shape index (κ2) is 8.71. The van der Waals surface area contributed by atoms with Gasteiger partial charge in [-0.15, -0.1) is 11.8 Å². The number of rotatable bonds is 7. The van der Waals surface area contributed by atoms with Crippen LogP contribution in [0.2, 0.25) is 0 Å². The summed E-state index contributed by atoms with van der Waals surface area (Å²) in [6, 6.07) is 17.6. The van der Waals surface area contributed by atoms with E-state index in [0.29, 0.717) is 5.69 Å². The maximum atomic E-state index is 12.7. The zero-order chi connectivity index (χ0) is 21.9. The lowest BCUT2D eigenvalue weighted by Gasteiger charge is -2.14. The van der Waals surface area contributed by atoms with Gasteiger partial charge in [0, 0.05) is 10.6 Å². The molecule has 3 aromatic rings. The van der Waals surface area contributed by atoms with Gasteiger partial charge < -0.3 is 0 Å². The fourth-order valence-corrected chi connectivity index (χ4v) is 5.51.